The average Bonchev–Trinajstić information content (AvgIpc) is 2.47. The molecule has 3 nitrogen and oxygen atoms in total. The van der Waals surface area contributed by atoms with Crippen molar-refractivity contribution in [1.29, 1.82) is 0 Å². The molecule has 3 atom stereocenters. The van der Waals surface area contributed by atoms with E-state index in [-0.39, 0.29) is 5.54 Å². The molecule has 1 aliphatic heterocycles. The molecule has 1 saturated heterocycles. The third kappa shape index (κ3) is 2.72. The van der Waals surface area contributed by atoms with E-state index in [1.54, 1.807) is 0 Å². The van der Waals surface area contributed by atoms with Crippen LogP contribution in [0.2, 0.25) is 0 Å². The van der Waals surface area contributed by atoms with E-state index < -0.39 is 0 Å². The first-order valence-electron chi connectivity index (χ1n) is 7.36. The second-order valence-corrected chi connectivity index (χ2v) is 7.03. The fourth-order valence-electron chi connectivity index (χ4n) is 3.62. The Morgan fingerprint density at radius 2 is 2.28 bits per heavy atom. The van der Waals surface area contributed by atoms with Gasteiger partial charge in [-0.1, -0.05) is 19.8 Å². The predicted molar refractivity (Wildman–Crippen MR) is 79.2 cm³/mol. The van der Waals surface area contributed by atoms with Crippen LogP contribution < -0.4 is 5.73 Å². The van der Waals surface area contributed by atoms with Gasteiger partial charge in [0.2, 0.25) is 0 Å². The summed E-state index contributed by atoms with van der Waals surface area (Å²) in [4.78, 5) is 2.66. The molecule has 1 saturated carbocycles. The molecule has 0 bridgehead atoms. The number of nitrogens with zero attached hydrogens (tertiary/aromatic N) is 1. The van der Waals surface area contributed by atoms with Crippen molar-refractivity contribution in [3.05, 3.63) is 0 Å². The van der Waals surface area contributed by atoms with Crippen molar-refractivity contribution in [2.24, 2.45) is 5.73 Å². The highest BCUT2D eigenvalue weighted by molar-refractivity contribution is 8.00. The Hall–Kier alpha value is 0.230. The summed E-state index contributed by atoms with van der Waals surface area (Å²) in [6.07, 6.45) is 6.57. The highest BCUT2D eigenvalue weighted by Gasteiger charge is 2.45. The van der Waals surface area contributed by atoms with Crippen LogP contribution in [0.25, 0.3) is 0 Å². The van der Waals surface area contributed by atoms with Gasteiger partial charge < -0.3 is 10.5 Å². The van der Waals surface area contributed by atoms with Gasteiger partial charge >= 0.3 is 0 Å². The van der Waals surface area contributed by atoms with Gasteiger partial charge in [-0.05, 0) is 19.3 Å². The van der Waals surface area contributed by atoms with Crippen LogP contribution in [0.1, 0.15) is 39.0 Å². The molecule has 4 heteroatoms. The molecule has 0 aromatic heterocycles. The van der Waals surface area contributed by atoms with E-state index in [1.165, 1.54) is 50.9 Å². The van der Waals surface area contributed by atoms with Crippen molar-refractivity contribution in [3.8, 4) is 0 Å². The van der Waals surface area contributed by atoms with E-state index in [0.29, 0.717) is 6.10 Å². The van der Waals surface area contributed by atoms with Gasteiger partial charge in [0.25, 0.3) is 0 Å². The molecule has 1 heterocycles. The van der Waals surface area contributed by atoms with E-state index in [9.17, 15) is 0 Å². The van der Waals surface area contributed by atoms with E-state index in [0.717, 1.165) is 11.8 Å². The zero-order chi connectivity index (χ0) is 13.0. The molecule has 0 spiro atoms. The zero-order valence-corrected chi connectivity index (χ0v) is 12.7. The first-order valence-corrected chi connectivity index (χ1v) is 8.41. The molecule has 0 aromatic carbocycles. The highest BCUT2D eigenvalue weighted by atomic mass is 32.2. The number of nitrogens with two attached hydrogens (primary N) is 1. The number of hydrogen-bond acceptors (Lipinski definition) is 4. The summed E-state index contributed by atoms with van der Waals surface area (Å²) in [5, 5.41) is 0.779. The lowest BCUT2D eigenvalue weighted by atomic mass is 9.77. The van der Waals surface area contributed by atoms with Gasteiger partial charge in [-0.3, -0.25) is 4.90 Å². The van der Waals surface area contributed by atoms with Crippen molar-refractivity contribution in [3.63, 3.8) is 0 Å². The van der Waals surface area contributed by atoms with Crippen molar-refractivity contribution >= 4 is 11.8 Å². The molecule has 106 valence electrons. The normalized spacial score (nSPS) is 38.8. The minimum atomic E-state index is 0.113. The van der Waals surface area contributed by atoms with Crippen LogP contribution in [0, 0.1) is 0 Å². The Kier molecular flexibility index (Phi) is 5.36. The summed E-state index contributed by atoms with van der Waals surface area (Å²) < 4.78 is 5.79. The Labute approximate surface area is 116 Å². The molecule has 18 heavy (non-hydrogen) atoms. The number of thioether (sulfide) groups is 1. The minimum absolute atomic E-state index is 0.113. The van der Waals surface area contributed by atoms with E-state index in [2.05, 4.69) is 23.6 Å². The van der Waals surface area contributed by atoms with Crippen LogP contribution in [0.3, 0.4) is 0 Å². The maximum Gasteiger partial charge on any atom is 0.0767 e. The summed E-state index contributed by atoms with van der Waals surface area (Å²) in [5.41, 5.74) is 6.31. The van der Waals surface area contributed by atoms with E-state index in [1.807, 2.05) is 7.11 Å². The SMILES string of the molecule is CCC1CN(C2(CN)CCCCC2OC)CCS1. The van der Waals surface area contributed by atoms with Crippen molar-refractivity contribution in [2.45, 2.75) is 55.9 Å². The summed E-state index contributed by atoms with van der Waals surface area (Å²) in [5.74, 6) is 1.25. The van der Waals surface area contributed by atoms with Crippen molar-refractivity contribution in [1.82, 2.24) is 4.90 Å². The first kappa shape index (κ1) is 14.6. The molecular formula is C14H28N2OS. The molecular weight excluding hydrogens is 244 g/mol. The van der Waals surface area contributed by atoms with Crippen LogP contribution >= 0.6 is 11.8 Å². The molecule has 0 aromatic rings. The molecule has 3 unspecified atom stereocenters. The molecule has 2 rings (SSSR count). The first-order chi connectivity index (χ1) is 8.76. The van der Waals surface area contributed by atoms with Gasteiger partial charge in [0.15, 0.2) is 0 Å². The fraction of sp³-hybridized carbons (Fsp3) is 1.00. The maximum absolute atomic E-state index is 6.19. The second-order valence-electron chi connectivity index (χ2n) is 5.62. The third-order valence-electron chi connectivity index (χ3n) is 4.79. The lowest BCUT2D eigenvalue weighted by Crippen LogP contribution is -2.65. The standard InChI is InChI=1S/C14H28N2OS/c1-3-12-10-16(8-9-18-12)14(11-15)7-5-4-6-13(14)17-2/h12-13H,3-11,15H2,1-2H3. The summed E-state index contributed by atoms with van der Waals surface area (Å²) in [7, 11) is 1.86. The number of methoxy groups -OCH3 is 1. The summed E-state index contributed by atoms with van der Waals surface area (Å²) >= 11 is 2.13. The maximum atomic E-state index is 6.19. The lowest BCUT2D eigenvalue weighted by molar-refractivity contribution is -0.0743. The number of rotatable bonds is 4. The second kappa shape index (κ2) is 6.60. The number of hydrogen-bond donors (Lipinski definition) is 1. The Balaban J connectivity index is 2.13. The van der Waals surface area contributed by atoms with E-state index >= 15 is 0 Å². The fourth-order valence-corrected chi connectivity index (χ4v) is 4.80. The van der Waals surface area contributed by atoms with Gasteiger partial charge in [0, 0.05) is 37.7 Å². The topological polar surface area (TPSA) is 38.5 Å². The number of ether oxygens (including phenoxy) is 1. The molecule has 2 aliphatic rings. The van der Waals surface area contributed by atoms with E-state index in [4.69, 9.17) is 10.5 Å². The summed E-state index contributed by atoms with van der Waals surface area (Å²) in [6.45, 7) is 5.41. The predicted octanol–water partition coefficient (Wildman–Crippen LogP) is 2.10. The van der Waals surface area contributed by atoms with Crippen LogP contribution in [-0.2, 0) is 4.74 Å². The van der Waals surface area contributed by atoms with Crippen molar-refractivity contribution < 1.29 is 4.74 Å². The van der Waals surface area contributed by atoms with Crippen LogP contribution in [0.15, 0.2) is 0 Å². The molecule has 2 N–H and O–H groups in total. The van der Waals surface area contributed by atoms with Gasteiger partial charge in [-0.25, -0.2) is 0 Å². The monoisotopic (exact) mass is 272 g/mol. The van der Waals surface area contributed by atoms with Gasteiger partial charge in [0.1, 0.15) is 0 Å². The molecule has 0 amide bonds. The molecule has 1 aliphatic carbocycles. The Morgan fingerprint density at radius 1 is 1.44 bits per heavy atom. The largest absolute Gasteiger partial charge is 0.379 e. The highest BCUT2D eigenvalue weighted by Crippen LogP contribution is 2.37. The quantitative estimate of drug-likeness (QED) is 0.850. The third-order valence-corrected chi connectivity index (χ3v) is 6.16. The van der Waals surface area contributed by atoms with Gasteiger partial charge in [-0.15, -0.1) is 0 Å². The Bertz CT molecular complexity index is 264. The van der Waals surface area contributed by atoms with Crippen LogP contribution in [-0.4, -0.2) is 54.3 Å². The summed E-state index contributed by atoms with van der Waals surface area (Å²) in [6, 6.07) is 0. The Morgan fingerprint density at radius 3 is 2.94 bits per heavy atom. The lowest BCUT2D eigenvalue weighted by Gasteiger charge is -2.52. The zero-order valence-electron chi connectivity index (χ0n) is 11.9. The molecule has 2 fully saturated rings. The van der Waals surface area contributed by atoms with Crippen LogP contribution in [0.5, 0.6) is 0 Å². The minimum Gasteiger partial charge on any atom is -0.379 e. The molecule has 0 radical (unpaired) electrons. The van der Waals surface area contributed by atoms with Crippen LogP contribution in [0.4, 0.5) is 0 Å². The van der Waals surface area contributed by atoms with Gasteiger partial charge in [-0.2, -0.15) is 11.8 Å². The average molecular weight is 272 g/mol. The smallest absolute Gasteiger partial charge is 0.0767 e. The van der Waals surface area contributed by atoms with Crippen molar-refractivity contribution in [2.75, 3.05) is 32.5 Å². The van der Waals surface area contributed by atoms with Gasteiger partial charge in [0.05, 0.1) is 11.6 Å².